The maximum atomic E-state index is 13.6. The van der Waals surface area contributed by atoms with Crippen molar-refractivity contribution in [3.63, 3.8) is 0 Å². The third kappa shape index (κ3) is 32.9. The highest BCUT2D eigenvalue weighted by atomic mass is 16.4. The van der Waals surface area contributed by atoms with Crippen LogP contribution < -0.4 is 0 Å². The second-order valence-corrected chi connectivity index (χ2v) is 18.3. The quantitative estimate of drug-likeness (QED) is 0.0320. The Morgan fingerprint density at radius 2 is 0.610 bits per heavy atom. The summed E-state index contributed by atoms with van der Waals surface area (Å²) in [5, 5.41) is 33.8. The van der Waals surface area contributed by atoms with Crippen molar-refractivity contribution in [2.45, 2.75) is 308 Å². The predicted molar refractivity (Wildman–Crippen MR) is 252 cm³/mol. The van der Waals surface area contributed by atoms with Crippen molar-refractivity contribution in [2.24, 2.45) is 0 Å². The van der Waals surface area contributed by atoms with Gasteiger partial charge < -0.3 is 15.3 Å². The zero-order valence-corrected chi connectivity index (χ0v) is 39.6. The Bertz CT molecular complexity index is 977. The van der Waals surface area contributed by atoms with Gasteiger partial charge in [0.05, 0.1) is 0 Å². The molecule has 6 heteroatoms. The van der Waals surface area contributed by atoms with Gasteiger partial charge in [0, 0.05) is 19.3 Å². The molecule has 0 amide bonds. The van der Waals surface area contributed by atoms with Crippen molar-refractivity contribution < 1.29 is 29.7 Å². The molecule has 0 aromatic rings. The monoisotopic (exact) mass is 833 g/mol. The molecule has 0 spiro atoms. The molecule has 3 unspecified atom stereocenters. The molecular weight excluding hydrogens is 733 g/mol. The maximum absolute atomic E-state index is 13.6. The lowest BCUT2D eigenvalue weighted by atomic mass is 9.79. The number of aliphatic hydroxyl groups is 3. The van der Waals surface area contributed by atoms with E-state index in [-0.39, 0.29) is 19.3 Å². The molecule has 0 aromatic carbocycles. The summed E-state index contributed by atoms with van der Waals surface area (Å²) < 4.78 is 0. The fourth-order valence-corrected chi connectivity index (χ4v) is 8.40. The van der Waals surface area contributed by atoms with Gasteiger partial charge in [0.1, 0.15) is 12.2 Å². The Morgan fingerprint density at radius 3 is 0.898 bits per heavy atom. The highest BCUT2D eigenvalue weighted by Crippen LogP contribution is 2.26. The van der Waals surface area contributed by atoms with Crippen LogP contribution in [0.5, 0.6) is 0 Å². The van der Waals surface area contributed by atoms with Gasteiger partial charge in [-0.05, 0) is 44.9 Å². The number of hydrogen-bond acceptors (Lipinski definition) is 6. The van der Waals surface area contributed by atoms with E-state index in [2.05, 4.69) is 32.9 Å². The van der Waals surface area contributed by atoms with E-state index in [4.69, 9.17) is 0 Å². The lowest BCUT2D eigenvalue weighted by Gasteiger charge is -2.32. The molecule has 59 heavy (non-hydrogen) atoms. The number of carbonyl (C=O) groups is 3. The molecule has 0 aliphatic heterocycles. The Labute approximate surface area is 366 Å². The maximum Gasteiger partial charge on any atom is 0.210 e. The van der Waals surface area contributed by atoms with Crippen molar-refractivity contribution >= 4 is 17.3 Å². The molecule has 0 fully saturated rings. The summed E-state index contributed by atoms with van der Waals surface area (Å²) in [6.07, 6.45) is 45.1. The Morgan fingerprint density at radius 1 is 0.373 bits per heavy atom. The number of Topliss-reactive ketones (excluding diaryl/α,β-unsaturated/α-hetero) is 3. The fourth-order valence-electron chi connectivity index (χ4n) is 8.40. The topological polar surface area (TPSA) is 112 Å². The number of unbranched alkanes of at least 4 members (excludes halogenated alkanes) is 35. The molecule has 0 bridgehead atoms. The Hall–Kier alpha value is -1.37. The van der Waals surface area contributed by atoms with Crippen LogP contribution in [-0.2, 0) is 14.4 Å². The van der Waals surface area contributed by atoms with Crippen LogP contribution >= 0.6 is 0 Å². The highest BCUT2D eigenvalue weighted by molar-refractivity contribution is 6.11. The number of allylic oxidation sites excluding steroid dienone is 2. The molecule has 3 N–H and O–H groups in total. The van der Waals surface area contributed by atoms with E-state index in [0.29, 0.717) is 19.3 Å². The SMILES string of the molecule is CCCCCCCC/C=C\CCCCCCCC(=O)C(O)(C(=O)CCCCCCCCCCCCCCC)C(O)C(O)C(=O)CCCCCCCCCCCCCCC. The van der Waals surface area contributed by atoms with Crippen molar-refractivity contribution in [1.82, 2.24) is 0 Å². The third-order valence-electron chi connectivity index (χ3n) is 12.6. The van der Waals surface area contributed by atoms with Crippen molar-refractivity contribution in [3.05, 3.63) is 12.2 Å². The second-order valence-electron chi connectivity index (χ2n) is 18.3. The molecule has 0 saturated heterocycles. The largest absolute Gasteiger partial charge is 0.386 e. The Kier molecular flexibility index (Phi) is 42.3. The van der Waals surface area contributed by atoms with Crippen LogP contribution in [0.4, 0.5) is 0 Å². The van der Waals surface area contributed by atoms with Gasteiger partial charge in [-0.2, -0.15) is 0 Å². The first-order valence-corrected chi connectivity index (χ1v) is 26.1. The fraction of sp³-hybridized carbons (Fsp3) is 0.906. The van der Waals surface area contributed by atoms with Crippen LogP contribution in [0, 0.1) is 0 Å². The summed E-state index contributed by atoms with van der Waals surface area (Å²) in [5.41, 5.74) is -2.76. The van der Waals surface area contributed by atoms with E-state index >= 15 is 0 Å². The summed E-state index contributed by atoms with van der Waals surface area (Å²) in [6, 6.07) is 0. The molecule has 6 nitrogen and oxygen atoms in total. The van der Waals surface area contributed by atoms with Gasteiger partial charge >= 0.3 is 0 Å². The predicted octanol–water partition coefficient (Wildman–Crippen LogP) is 15.1. The first kappa shape index (κ1) is 57.6. The van der Waals surface area contributed by atoms with Gasteiger partial charge in [-0.1, -0.05) is 238 Å². The molecule has 0 saturated carbocycles. The zero-order chi connectivity index (χ0) is 43.5. The lowest BCUT2D eigenvalue weighted by molar-refractivity contribution is -0.174. The van der Waals surface area contributed by atoms with Gasteiger partial charge in [-0.15, -0.1) is 0 Å². The average Bonchev–Trinajstić information content (AvgIpc) is 3.24. The van der Waals surface area contributed by atoms with Crippen LogP contribution in [0.15, 0.2) is 12.2 Å². The van der Waals surface area contributed by atoms with Gasteiger partial charge in [0.15, 0.2) is 17.3 Å². The normalized spacial score (nSPS) is 13.9. The van der Waals surface area contributed by atoms with E-state index < -0.39 is 35.2 Å². The van der Waals surface area contributed by atoms with Crippen LogP contribution in [0.3, 0.4) is 0 Å². The molecule has 3 atom stereocenters. The lowest BCUT2D eigenvalue weighted by Crippen LogP contribution is -2.61. The van der Waals surface area contributed by atoms with Crippen LogP contribution in [0.1, 0.15) is 290 Å². The van der Waals surface area contributed by atoms with E-state index in [9.17, 15) is 29.7 Å². The average molecular weight is 833 g/mol. The van der Waals surface area contributed by atoms with E-state index in [1.165, 1.54) is 154 Å². The minimum Gasteiger partial charge on any atom is -0.386 e. The van der Waals surface area contributed by atoms with Gasteiger partial charge in [0.25, 0.3) is 0 Å². The van der Waals surface area contributed by atoms with Gasteiger partial charge in [-0.3, -0.25) is 14.4 Å². The number of rotatable bonds is 48. The number of aliphatic hydroxyl groups excluding tert-OH is 2. The minimum absolute atomic E-state index is 0.0524. The second kappa shape index (κ2) is 43.3. The standard InChI is InChI=1S/C53H100O6/c1-4-7-10-13-16-19-22-25-26-29-32-35-38-41-44-47-50(56)53(59,49(55)46-43-40-37-34-31-28-24-21-18-15-12-9-6-3)52(58)51(57)48(54)45-42-39-36-33-30-27-23-20-17-14-11-8-5-2/h25-26,51-52,57-59H,4-24,27-47H2,1-3H3/b26-25-. The minimum atomic E-state index is -2.76. The molecule has 348 valence electrons. The van der Waals surface area contributed by atoms with E-state index in [1.807, 2.05) is 0 Å². The van der Waals surface area contributed by atoms with Crippen LogP contribution in [0.2, 0.25) is 0 Å². The molecular formula is C53H100O6. The smallest absolute Gasteiger partial charge is 0.210 e. The van der Waals surface area contributed by atoms with Gasteiger partial charge in [0.2, 0.25) is 5.60 Å². The number of carbonyl (C=O) groups excluding carboxylic acids is 3. The highest BCUT2D eigenvalue weighted by Gasteiger charge is 2.52. The number of ketones is 3. The molecule has 0 aliphatic rings. The van der Waals surface area contributed by atoms with Crippen molar-refractivity contribution in [1.29, 1.82) is 0 Å². The van der Waals surface area contributed by atoms with E-state index in [1.54, 1.807) is 0 Å². The van der Waals surface area contributed by atoms with Crippen molar-refractivity contribution in [3.8, 4) is 0 Å². The van der Waals surface area contributed by atoms with Crippen LogP contribution in [-0.4, -0.2) is 50.5 Å². The summed E-state index contributed by atoms with van der Waals surface area (Å²) in [6.45, 7) is 6.74. The zero-order valence-electron chi connectivity index (χ0n) is 39.6. The van der Waals surface area contributed by atoms with E-state index in [0.717, 1.165) is 77.0 Å². The van der Waals surface area contributed by atoms with Crippen LogP contribution in [0.25, 0.3) is 0 Å². The van der Waals surface area contributed by atoms with Gasteiger partial charge in [-0.25, -0.2) is 0 Å². The molecule has 0 rings (SSSR count). The summed E-state index contributed by atoms with van der Waals surface area (Å²) in [4.78, 5) is 40.2. The first-order valence-electron chi connectivity index (χ1n) is 26.1. The number of hydrogen-bond donors (Lipinski definition) is 3. The molecule has 0 aliphatic carbocycles. The first-order chi connectivity index (χ1) is 28.8. The van der Waals surface area contributed by atoms with Crippen molar-refractivity contribution in [2.75, 3.05) is 0 Å². The third-order valence-corrected chi connectivity index (χ3v) is 12.6. The summed E-state index contributed by atoms with van der Waals surface area (Å²) >= 11 is 0. The molecule has 0 radical (unpaired) electrons. The molecule has 0 heterocycles. The summed E-state index contributed by atoms with van der Waals surface area (Å²) in [7, 11) is 0. The Balaban J connectivity index is 4.79. The molecule has 0 aromatic heterocycles. The summed E-state index contributed by atoms with van der Waals surface area (Å²) in [5.74, 6) is -2.14.